The van der Waals surface area contributed by atoms with Crippen LogP contribution in [-0.4, -0.2) is 23.3 Å². The molecule has 0 spiro atoms. The van der Waals surface area contributed by atoms with Gasteiger partial charge in [0.05, 0.1) is 5.69 Å². The lowest BCUT2D eigenvalue weighted by Crippen LogP contribution is -2.27. The van der Waals surface area contributed by atoms with Crippen molar-refractivity contribution >= 4 is 28.4 Å². The Balaban J connectivity index is 1.68. The van der Waals surface area contributed by atoms with E-state index in [1.165, 1.54) is 24.3 Å². The number of aromatic amines is 1. The smallest absolute Gasteiger partial charge is 0.269 e. The van der Waals surface area contributed by atoms with Crippen molar-refractivity contribution in [2.45, 2.75) is 19.8 Å². The molecule has 1 aliphatic rings. The Morgan fingerprint density at radius 3 is 2.56 bits per heavy atom. The van der Waals surface area contributed by atoms with Gasteiger partial charge in [-0.15, -0.1) is 0 Å². The molecule has 1 fully saturated rings. The molecular formula is C21H20FN3O2. The van der Waals surface area contributed by atoms with Crippen LogP contribution in [0.2, 0.25) is 0 Å². The summed E-state index contributed by atoms with van der Waals surface area (Å²) in [7, 11) is 0. The second-order valence-electron chi connectivity index (χ2n) is 7.04. The molecule has 3 N–H and O–H groups in total. The maximum atomic E-state index is 13.1. The third-order valence-corrected chi connectivity index (χ3v) is 4.77. The molecule has 0 aliphatic heterocycles. The zero-order chi connectivity index (χ0) is 19.0. The van der Waals surface area contributed by atoms with E-state index in [0.717, 1.165) is 29.3 Å². The van der Waals surface area contributed by atoms with Crippen molar-refractivity contribution in [1.29, 1.82) is 0 Å². The maximum Gasteiger partial charge on any atom is 0.269 e. The van der Waals surface area contributed by atoms with Crippen molar-refractivity contribution in [3.05, 3.63) is 65.1 Å². The predicted molar refractivity (Wildman–Crippen MR) is 102 cm³/mol. The number of hydrogen-bond donors (Lipinski definition) is 3. The molecule has 2 aromatic carbocycles. The van der Waals surface area contributed by atoms with E-state index in [1.54, 1.807) is 0 Å². The fourth-order valence-corrected chi connectivity index (χ4v) is 3.04. The molecule has 2 amide bonds. The lowest BCUT2D eigenvalue weighted by atomic mass is 10.1. The highest BCUT2D eigenvalue weighted by Crippen LogP contribution is 2.30. The van der Waals surface area contributed by atoms with Gasteiger partial charge in [-0.05, 0) is 62.1 Å². The third-order valence-electron chi connectivity index (χ3n) is 4.77. The number of carbonyl (C=O) groups excluding carboxylic acids is 2. The second kappa shape index (κ2) is 6.87. The standard InChI is InChI=1S/C21H20FN3O2/c1-12-2-9-17-16(10-12)18(19(24-17)21(27)23-11-13-3-4-13)25-20(26)14-5-7-15(22)8-6-14/h2,5-10,13,24H,3-4,11H2,1H3,(H,23,27)(H,25,26). The number of rotatable bonds is 5. The monoisotopic (exact) mass is 365 g/mol. The number of aryl methyl sites for hydroxylation is 1. The van der Waals surface area contributed by atoms with Crippen molar-refractivity contribution in [1.82, 2.24) is 10.3 Å². The van der Waals surface area contributed by atoms with Gasteiger partial charge in [0.2, 0.25) is 0 Å². The topological polar surface area (TPSA) is 74.0 Å². The summed E-state index contributed by atoms with van der Waals surface area (Å²) in [5.74, 6) is -0.494. The molecule has 1 aromatic heterocycles. The van der Waals surface area contributed by atoms with E-state index in [9.17, 15) is 14.0 Å². The van der Waals surface area contributed by atoms with E-state index in [-0.39, 0.29) is 5.91 Å². The Morgan fingerprint density at radius 2 is 1.85 bits per heavy atom. The number of anilines is 1. The summed E-state index contributed by atoms with van der Waals surface area (Å²) in [6, 6.07) is 11.0. The van der Waals surface area contributed by atoms with Crippen LogP contribution in [-0.2, 0) is 0 Å². The van der Waals surface area contributed by atoms with Crippen LogP contribution in [0.15, 0.2) is 42.5 Å². The zero-order valence-corrected chi connectivity index (χ0v) is 14.9. The molecule has 6 heteroatoms. The highest BCUT2D eigenvalue weighted by atomic mass is 19.1. The van der Waals surface area contributed by atoms with Crippen molar-refractivity contribution in [2.75, 3.05) is 11.9 Å². The number of fused-ring (bicyclic) bond motifs is 1. The molecule has 0 saturated heterocycles. The molecule has 5 nitrogen and oxygen atoms in total. The van der Waals surface area contributed by atoms with E-state index >= 15 is 0 Å². The minimum Gasteiger partial charge on any atom is -0.350 e. The Bertz CT molecular complexity index is 1020. The minimum absolute atomic E-state index is 0.245. The van der Waals surface area contributed by atoms with E-state index < -0.39 is 11.7 Å². The largest absolute Gasteiger partial charge is 0.350 e. The van der Waals surface area contributed by atoms with Gasteiger partial charge in [-0.2, -0.15) is 0 Å². The number of benzene rings is 2. The van der Waals surface area contributed by atoms with Gasteiger partial charge in [-0.25, -0.2) is 4.39 Å². The molecule has 1 aliphatic carbocycles. The predicted octanol–water partition coefficient (Wildman–Crippen LogP) is 4.01. The van der Waals surface area contributed by atoms with Gasteiger partial charge in [0, 0.05) is 23.0 Å². The lowest BCUT2D eigenvalue weighted by Gasteiger charge is -2.08. The molecule has 0 atom stereocenters. The molecule has 4 rings (SSSR count). The van der Waals surface area contributed by atoms with Crippen molar-refractivity contribution in [3.63, 3.8) is 0 Å². The number of halogens is 1. The molecule has 1 saturated carbocycles. The van der Waals surface area contributed by atoms with Crippen molar-refractivity contribution in [2.24, 2.45) is 5.92 Å². The first kappa shape index (κ1) is 17.3. The number of aromatic nitrogens is 1. The number of nitrogens with one attached hydrogen (secondary N) is 3. The van der Waals surface area contributed by atoms with Crippen LogP contribution in [0.4, 0.5) is 10.1 Å². The van der Waals surface area contributed by atoms with Crippen LogP contribution in [0.3, 0.4) is 0 Å². The van der Waals surface area contributed by atoms with Gasteiger partial charge in [0.25, 0.3) is 11.8 Å². The summed E-state index contributed by atoms with van der Waals surface area (Å²) in [6.07, 6.45) is 2.28. The number of amides is 2. The molecule has 138 valence electrons. The zero-order valence-electron chi connectivity index (χ0n) is 14.9. The molecule has 0 radical (unpaired) electrons. The highest BCUT2D eigenvalue weighted by Gasteiger charge is 2.24. The SMILES string of the molecule is Cc1ccc2[nH]c(C(=O)NCC3CC3)c(NC(=O)c3ccc(F)cc3)c2c1. The number of H-pyrrole nitrogens is 1. The van der Waals surface area contributed by atoms with Gasteiger partial charge in [0.15, 0.2) is 0 Å². The van der Waals surface area contributed by atoms with Gasteiger partial charge >= 0.3 is 0 Å². The average molecular weight is 365 g/mol. The fraction of sp³-hybridized carbons (Fsp3) is 0.238. The third kappa shape index (κ3) is 3.69. The molecule has 0 unspecified atom stereocenters. The fourth-order valence-electron chi connectivity index (χ4n) is 3.04. The summed E-state index contributed by atoms with van der Waals surface area (Å²) in [6.45, 7) is 2.59. The van der Waals surface area contributed by atoms with E-state index in [1.807, 2.05) is 25.1 Å². The Morgan fingerprint density at radius 1 is 1.11 bits per heavy atom. The maximum absolute atomic E-state index is 13.1. The Hall–Kier alpha value is -3.15. The van der Waals surface area contributed by atoms with Gasteiger partial charge < -0.3 is 15.6 Å². The van der Waals surface area contributed by atoms with Crippen molar-refractivity contribution < 1.29 is 14.0 Å². The summed E-state index contributed by atoms with van der Waals surface area (Å²) >= 11 is 0. The van der Waals surface area contributed by atoms with E-state index in [0.29, 0.717) is 29.4 Å². The van der Waals surface area contributed by atoms with Crippen LogP contribution in [0.1, 0.15) is 39.3 Å². The summed E-state index contributed by atoms with van der Waals surface area (Å²) in [5, 5.41) is 6.52. The molecule has 0 bridgehead atoms. The molecule has 3 aromatic rings. The highest BCUT2D eigenvalue weighted by molar-refractivity contribution is 6.15. The van der Waals surface area contributed by atoms with Gasteiger partial charge in [-0.3, -0.25) is 9.59 Å². The quantitative estimate of drug-likeness (QED) is 0.639. The molecule has 1 heterocycles. The van der Waals surface area contributed by atoms with Crippen LogP contribution >= 0.6 is 0 Å². The normalized spacial score (nSPS) is 13.6. The summed E-state index contributed by atoms with van der Waals surface area (Å²) in [4.78, 5) is 28.4. The van der Waals surface area contributed by atoms with E-state index in [2.05, 4.69) is 15.6 Å². The van der Waals surface area contributed by atoms with E-state index in [4.69, 9.17) is 0 Å². The van der Waals surface area contributed by atoms with Gasteiger partial charge in [0.1, 0.15) is 11.5 Å². The summed E-state index contributed by atoms with van der Waals surface area (Å²) < 4.78 is 13.1. The van der Waals surface area contributed by atoms with Crippen LogP contribution < -0.4 is 10.6 Å². The first-order valence-electron chi connectivity index (χ1n) is 8.98. The minimum atomic E-state index is -0.408. The first-order chi connectivity index (χ1) is 13.0. The lowest BCUT2D eigenvalue weighted by molar-refractivity contribution is 0.0948. The number of carbonyl (C=O) groups is 2. The first-order valence-corrected chi connectivity index (χ1v) is 8.98. The Kier molecular flexibility index (Phi) is 4.39. The van der Waals surface area contributed by atoms with Crippen molar-refractivity contribution in [3.8, 4) is 0 Å². The summed E-state index contributed by atoms with van der Waals surface area (Å²) in [5.41, 5.74) is 2.88. The second-order valence-corrected chi connectivity index (χ2v) is 7.04. The molecular weight excluding hydrogens is 345 g/mol. The van der Waals surface area contributed by atoms with Crippen LogP contribution in [0.5, 0.6) is 0 Å². The van der Waals surface area contributed by atoms with Gasteiger partial charge in [-0.1, -0.05) is 11.6 Å². The average Bonchev–Trinajstić information content (AvgIpc) is 3.42. The Labute approximate surface area is 156 Å². The molecule has 27 heavy (non-hydrogen) atoms. The van der Waals surface area contributed by atoms with Crippen LogP contribution in [0.25, 0.3) is 10.9 Å². The number of hydrogen-bond acceptors (Lipinski definition) is 2. The van der Waals surface area contributed by atoms with Crippen LogP contribution in [0, 0.1) is 18.7 Å².